The first-order chi connectivity index (χ1) is 8.74. The van der Waals surface area contributed by atoms with Gasteiger partial charge in [-0.2, -0.15) is 0 Å². The Bertz CT molecular complexity index is 492. The van der Waals surface area contributed by atoms with Gasteiger partial charge in [-0.1, -0.05) is 6.92 Å². The molecule has 4 nitrogen and oxygen atoms in total. The van der Waals surface area contributed by atoms with Crippen LogP contribution in [0.3, 0.4) is 0 Å². The van der Waals surface area contributed by atoms with Gasteiger partial charge in [0.05, 0.1) is 0 Å². The van der Waals surface area contributed by atoms with Crippen molar-refractivity contribution in [2.75, 3.05) is 13.7 Å². The Morgan fingerprint density at radius 1 is 1.22 bits per heavy atom. The lowest BCUT2D eigenvalue weighted by molar-refractivity contribution is 0.161. The lowest BCUT2D eigenvalue weighted by Gasteiger charge is -2.12. The zero-order valence-electron chi connectivity index (χ0n) is 10.4. The Labute approximate surface area is 114 Å². The zero-order valence-corrected chi connectivity index (χ0v) is 12.0. The Balaban J connectivity index is 2.23. The molecule has 5 heteroatoms. The molecule has 0 aliphatic carbocycles. The van der Waals surface area contributed by atoms with Gasteiger partial charge in [-0.05, 0) is 46.7 Å². The van der Waals surface area contributed by atoms with E-state index in [2.05, 4.69) is 21.2 Å². The van der Waals surface area contributed by atoms with E-state index < -0.39 is 0 Å². The molecule has 0 aliphatic heterocycles. The topological polar surface area (TPSA) is 47.5 Å². The zero-order chi connectivity index (χ0) is 13.0. The van der Waals surface area contributed by atoms with Gasteiger partial charge in [0.25, 0.3) is 0 Å². The summed E-state index contributed by atoms with van der Waals surface area (Å²) < 4.78 is 17.1. The maximum atomic E-state index is 5.74. The molecule has 0 saturated carbocycles. The highest BCUT2D eigenvalue weighted by Crippen LogP contribution is 2.27. The van der Waals surface area contributed by atoms with Gasteiger partial charge in [-0.15, -0.1) is 0 Å². The summed E-state index contributed by atoms with van der Waals surface area (Å²) in [5.74, 6) is 2.45. The molecule has 1 unspecified atom stereocenters. The lowest BCUT2D eigenvalue weighted by atomic mass is 10.1. The Hall–Kier alpha value is -1.04. The molecule has 2 aromatic heterocycles. The van der Waals surface area contributed by atoms with Crippen LogP contribution in [-0.2, 0) is 11.3 Å². The van der Waals surface area contributed by atoms with E-state index in [1.54, 1.807) is 7.11 Å². The fourth-order valence-electron chi connectivity index (χ4n) is 1.80. The summed E-state index contributed by atoms with van der Waals surface area (Å²) in [5.41, 5.74) is 0. The van der Waals surface area contributed by atoms with Gasteiger partial charge in [0.2, 0.25) is 0 Å². The summed E-state index contributed by atoms with van der Waals surface area (Å²) >= 11 is 3.31. The van der Waals surface area contributed by atoms with Gasteiger partial charge >= 0.3 is 0 Å². The van der Waals surface area contributed by atoms with Gasteiger partial charge < -0.3 is 18.9 Å². The summed E-state index contributed by atoms with van der Waals surface area (Å²) in [6, 6.07) is 7.58. The largest absolute Gasteiger partial charge is 0.461 e. The van der Waals surface area contributed by atoms with Crippen LogP contribution in [0.5, 0.6) is 0 Å². The van der Waals surface area contributed by atoms with Crippen LogP contribution in [0.4, 0.5) is 0 Å². The molecule has 0 spiro atoms. The summed E-state index contributed by atoms with van der Waals surface area (Å²) in [4.78, 5) is 0. The predicted molar refractivity (Wildman–Crippen MR) is 71.3 cm³/mol. The van der Waals surface area contributed by atoms with Crippen LogP contribution in [0.15, 0.2) is 37.8 Å². The van der Waals surface area contributed by atoms with Crippen molar-refractivity contribution in [3.63, 3.8) is 0 Å². The molecule has 1 N–H and O–H groups in total. The van der Waals surface area contributed by atoms with Gasteiger partial charge in [0, 0.05) is 7.11 Å². The minimum Gasteiger partial charge on any atom is -0.461 e. The average molecular weight is 314 g/mol. The van der Waals surface area contributed by atoms with Gasteiger partial charge in [-0.25, -0.2) is 0 Å². The van der Waals surface area contributed by atoms with Crippen LogP contribution in [-0.4, -0.2) is 13.7 Å². The minimum atomic E-state index is -0.0769. The number of hydrogen-bond acceptors (Lipinski definition) is 4. The number of halogens is 1. The SMILES string of the molecule is CCNC(c1ccc(Br)o1)c1ccc(COC)o1. The fourth-order valence-corrected chi connectivity index (χ4v) is 2.12. The quantitative estimate of drug-likeness (QED) is 0.887. The molecule has 0 fully saturated rings. The second-order valence-corrected chi connectivity index (χ2v) is 4.65. The second-order valence-electron chi connectivity index (χ2n) is 3.87. The van der Waals surface area contributed by atoms with Crippen LogP contribution < -0.4 is 5.32 Å². The molecule has 0 bridgehead atoms. The normalized spacial score (nSPS) is 12.8. The minimum absolute atomic E-state index is 0.0769. The standard InChI is InChI=1S/C13H16BrNO3/c1-3-15-13(11-6-7-12(14)18-11)10-5-4-9(17-10)8-16-2/h4-7,13,15H,3,8H2,1-2H3. The van der Waals surface area contributed by atoms with Gasteiger partial charge in [0.15, 0.2) is 4.67 Å². The van der Waals surface area contributed by atoms with Crippen molar-refractivity contribution in [1.82, 2.24) is 5.32 Å². The average Bonchev–Trinajstić information content (AvgIpc) is 2.96. The van der Waals surface area contributed by atoms with Crippen molar-refractivity contribution in [2.24, 2.45) is 0 Å². The Morgan fingerprint density at radius 2 is 1.94 bits per heavy atom. The maximum absolute atomic E-state index is 5.74. The third-order valence-corrected chi connectivity index (χ3v) is 2.97. The number of rotatable bonds is 6. The highest BCUT2D eigenvalue weighted by atomic mass is 79.9. The summed E-state index contributed by atoms with van der Waals surface area (Å²) in [6.45, 7) is 3.34. The van der Waals surface area contributed by atoms with Gasteiger partial charge in [-0.3, -0.25) is 0 Å². The molecule has 0 saturated heterocycles. The molecule has 1 atom stereocenters. The molecule has 98 valence electrons. The van der Waals surface area contributed by atoms with E-state index in [4.69, 9.17) is 13.6 Å². The predicted octanol–water partition coefficient (Wildman–Crippen LogP) is 3.48. The van der Waals surface area contributed by atoms with Crippen molar-refractivity contribution in [2.45, 2.75) is 19.6 Å². The second kappa shape index (κ2) is 6.22. The summed E-state index contributed by atoms with van der Waals surface area (Å²) in [7, 11) is 1.65. The highest BCUT2D eigenvalue weighted by molar-refractivity contribution is 9.10. The smallest absolute Gasteiger partial charge is 0.169 e. The molecule has 0 amide bonds. The van der Waals surface area contributed by atoms with E-state index in [1.165, 1.54) is 0 Å². The van der Waals surface area contributed by atoms with Crippen molar-refractivity contribution >= 4 is 15.9 Å². The summed E-state index contributed by atoms with van der Waals surface area (Å²) in [6.07, 6.45) is 0. The monoisotopic (exact) mass is 313 g/mol. The van der Waals surface area contributed by atoms with E-state index in [-0.39, 0.29) is 6.04 Å². The highest BCUT2D eigenvalue weighted by Gasteiger charge is 2.20. The van der Waals surface area contributed by atoms with Crippen LogP contribution >= 0.6 is 15.9 Å². The van der Waals surface area contributed by atoms with E-state index in [9.17, 15) is 0 Å². The fraction of sp³-hybridized carbons (Fsp3) is 0.385. The van der Waals surface area contributed by atoms with Crippen molar-refractivity contribution in [3.8, 4) is 0 Å². The van der Waals surface area contributed by atoms with Crippen LogP contribution in [0.1, 0.15) is 30.2 Å². The van der Waals surface area contributed by atoms with Crippen molar-refractivity contribution < 1.29 is 13.6 Å². The third kappa shape index (κ3) is 3.04. The number of nitrogens with one attached hydrogen (secondary N) is 1. The molecule has 0 radical (unpaired) electrons. The molecule has 2 heterocycles. The summed E-state index contributed by atoms with van der Waals surface area (Å²) in [5, 5.41) is 3.33. The molecule has 2 aromatic rings. The first-order valence-electron chi connectivity index (χ1n) is 5.80. The number of methoxy groups -OCH3 is 1. The third-order valence-electron chi connectivity index (χ3n) is 2.54. The molecular weight excluding hydrogens is 298 g/mol. The van der Waals surface area contributed by atoms with E-state index in [0.717, 1.165) is 23.8 Å². The number of hydrogen-bond donors (Lipinski definition) is 1. The van der Waals surface area contributed by atoms with Gasteiger partial charge in [0.1, 0.15) is 29.9 Å². The van der Waals surface area contributed by atoms with Crippen LogP contribution in [0.2, 0.25) is 0 Å². The van der Waals surface area contributed by atoms with E-state index >= 15 is 0 Å². The van der Waals surface area contributed by atoms with Crippen LogP contribution in [0, 0.1) is 0 Å². The maximum Gasteiger partial charge on any atom is 0.169 e. The first kappa shape index (κ1) is 13.4. The molecule has 2 rings (SSSR count). The van der Waals surface area contributed by atoms with E-state index in [1.807, 2.05) is 31.2 Å². The Kier molecular flexibility index (Phi) is 4.63. The molecule has 0 aromatic carbocycles. The van der Waals surface area contributed by atoms with Crippen molar-refractivity contribution in [1.29, 1.82) is 0 Å². The van der Waals surface area contributed by atoms with Crippen LogP contribution in [0.25, 0.3) is 0 Å². The Morgan fingerprint density at radius 3 is 2.56 bits per heavy atom. The van der Waals surface area contributed by atoms with Crippen molar-refractivity contribution in [3.05, 3.63) is 46.2 Å². The molecule has 0 aliphatic rings. The molecular formula is C13H16BrNO3. The van der Waals surface area contributed by atoms with E-state index in [0.29, 0.717) is 11.3 Å². The number of ether oxygens (including phenoxy) is 1. The molecule has 18 heavy (non-hydrogen) atoms. The number of furan rings is 2. The lowest BCUT2D eigenvalue weighted by Crippen LogP contribution is -2.20. The first-order valence-corrected chi connectivity index (χ1v) is 6.60.